The van der Waals surface area contributed by atoms with Gasteiger partial charge in [0.05, 0.1) is 11.7 Å². The molecule has 8 heteroatoms. The van der Waals surface area contributed by atoms with Crippen molar-refractivity contribution in [3.05, 3.63) is 33.8 Å². The monoisotopic (exact) mass is 365 g/mol. The average molecular weight is 366 g/mol. The molecular formula is C14H17Cl2NO4S. The Morgan fingerprint density at radius 3 is 2.45 bits per heavy atom. The fraction of sp³-hybridized carbons (Fsp3) is 0.500. The van der Waals surface area contributed by atoms with E-state index >= 15 is 0 Å². The lowest BCUT2D eigenvalue weighted by molar-refractivity contribution is -0.144. The molecule has 1 aromatic carbocycles. The lowest BCUT2D eigenvalue weighted by Gasteiger charge is -2.36. The Morgan fingerprint density at radius 2 is 1.91 bits per heavy atom. The topological polar surface area (TPSA) is 74.7 Å². The summed E-state index contributed by atoms with van der Waals surface area (Å²) in [4.78, 5) is 11.2. The van der Waals surface area contributed by atoms with Gasteiger partial charge >= 0.3 is 5.97 Å². The molecule has 22 heavy (non-hydrogen) atoms. The molecule has 1 fully saturated rings. The lowest BCUT2D eigenvalue weighted by atomic mass is 9.92. The third-order valence-corrected chi connectivity index (χ3v) is 6.24. The van der Waals surface area contributed by atoms with Crippen LogP contribution in [0.15, 0.2) is 18.2 Å². The fourth-order valence-corrected chi connectivity index (χ4v) is 5.21. The summed E-state index contributed by atoms with van der Waals surface area (Å²) in [5.74, 6) is -1.88. The van der Waals surface area contributed by atoms with Crippen molar-refractivity contribution < 1.29 is 18.3 Å². The van der Waals surface area contributed by atoms with Crippen LogP contribution >= 0.6 is 23.2 Å². The van der Waals surface area contributed by atoms with Crippen LogP contribution in [0.4, 0.5) is 0 Å². The molecule has 1 aliphatic heterocycles. The van der Waals surface area contributed by atoms with Gasteiger partial charge in [0.2, 0.25) is 10.0 Å². The molecule has 122 valence electrons. The zero-order valence-electron chi connectivity index (χ0n) is 12.0. The standard InChI is InChI=1S/C14H17Cl2NO4S/c1-9-13(14(18)19)3-2-4-17(9)22(20,21)8-10-5-11(15)7-12(16)6-10/h5-7,9,13H,2-4,8H2,1H3,(H,18,19)/t9-,13-/m1/s1. The van der Waals surface area contributed by atoms with Gasteiger partial charge in [0.15, 0.2) is 0 Å². The van der Waals surface area contributed by atoms with E-state index in [1.165, 1.54) is 10.4 Å². The summed E-state index contributed by atoms with van der Waals surface area (Å²) in [6.45, 7) is 1.97. The molecule has 1 heterocycles. The van der Waals surface area contributed by atoms with Crippen molar-refractivity contribution in [3.8, 4) is 0 Å². The van der Waals surface area contributed by atoms with Crippen LogP contribution in [0.25, 0.3) is 0 Å². The second kappa shape index (κ2) is 6.74. The molecule has 1 aliphatic rings. The summed E-state index contributed by atoms with van der Waals surface area (Å²) >= 11 is 11.8. The van der Waals surface area contributed by atoms with Gasteiger partial charge in [-0.1, -0.05) is 23.2 Å². The number of halogens is 2. The minimum Gasteiger partial charge on any atom is -0.481 e. The number of carbonyl (C=O) groups is 1. The number of carboxylic acid groups (broad SMARTS) is 1. The molecule has 0 radical (unpaired) electrons. The molecule has 0 saturated carbocycles. The van der Waals surface area contributed by atoms with Crippen LogP contribution in [-0.4, -0.2) is 36.4 Å². The number of hydrogen-bond donors (Lipinski definition) is 1. The second-order valence-corrected chi connectivity index (χ2v) is 8.27. The first-order chi connectivity index (χ1) is 10.2. The van der Waals surface area contributed by atoms with E-state index in [1.807, 2.05) is 0 Å². The number of rotatable bonds is 4. The number of hydrogen-bond acceptors (Lipinski definition) is 3. The molecule has 1 saturated heterocycles. The Labute approximate surface area is 139 Å². The Kier molecular flexibility index (Phi) is 5.37. The van der Waals surface area contributed by atoms with Crippen LogP contribution in [0.3, 0.4) is 0 Å². The van der Waals surface area contributed by atoms with E-state index in [1.54, 1.807) is 19.1 Å². The number of nitrogens with zero attached hydrogens (tertiary/aromatic N) is 1. The van der Waals surface area contributed by atoms with Gasteiger partial charge in [-0.25, -0.2) is 8.42 Å². The van der Waals surface area contributed by atoms with E-state index in [0.717, 1.165) is 0 Å². The smallest absolute Gasteiger partial charge is 0.308 e. The molecule has 0 bridgehead atoms. The highest BCUT2D eigenvalue weighted by molar-refractivity contribution is 7.88. The van der Waals surface area contributed by atoms with Crippen molar-refractivity contribution in [2.45, 2.75) is 31.6 Å². The molecule has 0 amide bonds. The maximum Gasteiger partial charge on any atom is 0.308 e. The zero-order chi connectivity index (χ0) is 16.5. The van der Waals surface area contributed by atoms with Crippen LogP contribution in [0.1, 0.15) is 25.3 Å². The van der Waals surface area contributed by atoms with Gasteiger partial charge in [0.25, 0.3) is 0 Å². The molecule has 0 aliphatic carbocycles. The third-order valence-electron chi connectivity index (χ3n) is 3.88. The van der Waals surface area contributed by atoms with Crippen molar-refractivity contribution in [2.24, 2.45) is 5.92 Å². The van der Waals surface area contributed by atoms with Crippen molar-refractivity contribution in [3.63, 3.8) is 0 Å². The first-order valence-electron chi connectivity index (χ1n) is 6.88. The molecule has 1 aromatic rings. The Bertz CT molecular complexity index is 657. The van der Waals surface area contributed by atoms with Crippen LogP contribution in [0.5, 0.6) is 0 Å². The summed E-state index contributed by atoms with van der Waals surface area (Å²) < 4.78 is 26.5. The maximum absolute atomic E-state index is 12.6. The number of sulfonamides is 1. The van der Waals surface area contributed by atoms with Crippen molar-refractivity contribution in [1.29, 1.82) is 0 Å². The van der Waals surface area contributed by atoms with Gasteiger partial charge in [-0.05, 0) is 43.5 Å². The largest absolute Gasteiger partial charge is 0.481 e. The van der Waals surface area contributed by atoms with E-state index in [4.69, 9.17) is 23.2 Å². The normalized spacial score (nSPS) is 23.4. The molecule has 5 nitrogen and oxygen atoms in total. The van der Waals surface area contributed by atoms with Gasteiger partial charge in [-0.2, -0.15) is 4.31 Å². The Balaban J connectivity index is 2.24. The second-order valence-electron chi connectivity index (χ2n) is 5.47. The summed E-state index contributed by atoms with van der Waals surface area (Å²) in [5.41, 5.74) is 0.488. The summed E-state index contributed by atoms with van der Waals surface area (Å²) in [6, 6.07) is 4.07. The van der Waals surface area contributed by atoms with Gasteiger partial charge in [0.1, 0.15) is 0 Å². The predicted molar refractivity (Wildman–Crippen MR) is 85.6 cm³/mol. The Morgan fingerprint density at radius 1 is 1.32 bits per heavy atom. The van der Waals surface area contributed by atoms with Crippen molar-refractivity contribution in [1.82, 2.24) is 4.31 Å². The highest BCUT2D eigenvalue weighted by atomic mass is 35.5. The summed E-state index contributed by atoms with van der Waals surface area (Å²) in [6.07, 6.45) is 1.03. The van der Waals surface area contributed by atoms with Crippen LogP contribution in [-0.2, 0) is 20.6 Å². The predicted octanol–water partition coefficient (Wildman–Crippen LogP) is 3.01. The van der Waals surface area contributed by atoms with E-state index in [2.05, 4.69) is 0 Å². The molecule has 0 unspecified atom stereocenters. The number of benzene rings is 1. The zero-order valence-corrected chi connectivity index (χ0v) is 14.3. The van der Waals surface area contributed by atoms with Crippen LogP contribution in [0, 0.1) is 5.92 Å². The number of piperidine rings is 1. The van der Waals surface area contributed by atoms with Crippen LogP contribution in [0.2, 0.25) is 10.0 Å². The van der Waals surface area contributed by atoms with Gasteiger partial charge < -0.3 is 5.11 Å². The molecule has 0 aromatic heterocycles. The summed E-state index contributed by atoms with van der Waals surface area (Å²) in [7, 11) is -3.63. The molecular weight excluding hydrogens is 349 g/mol. The van der Waals surface area contributed by atoms with E-state index in [9.17, 15) is 18.3 Å². The van der Waals surface area contributed by atoms with E-state index in [0.29, 0.717) is 35.0 Å². The minimum atomic E-state index is -3.63. The average Bonchev–Trinajstić information content (AvgIpc) is 2.36. The van der Waals surface area contributed by atoms with Crippen molar-refractivity contribution in [2.75, 3.05) is 6.54 Å². The molecule has 2 atom stereocenters. The summed E-state index contributed by atoms with van der Waals surface area (Å²) in [5, 5.41) is 9.93. The SMILES string of the molecule is C[C@@H]1[C@H](C(=O)O)CCCN1S(=O)(=O)Cc1cc(Cl)cc(Cl)c1. The Hall–Kier alpha value is -0.820. The quantitative estimate of drug-likeness (QED) is 0.889. The highest BCUT2D eigenvalue weighted by Gasteiger charge is 2.38. The molecule has 0 spiro atoms. The van der Waals surface area contributed by atoms with E-state index < -0.39 is 28.0 Å². The number of aliphatic carboxylic acids is 1. The molecule has 2 rings (SSSR count). The fourth-order valence-electron chi connectivity index (χ4n) is 2.82. The van der Waals surface area contributed by atoms with Gasteiger partial charge in [-0.15, -0.1) is 0 Å². The van der Waals surface area contributed by atoms with Crippen molar-refractivity contribution >= 4 is 39.2 Å². The van der Waals surface area contributed by atoms with Gasteiger partial charge in [0, 0.05) is 22.6 Å². The number of carboxylic acids is 1. The van der Waals surface area contributed by atoms with E-state index in [-0.39, 0.29) is 5.75 Å². The molecule has 1 N–H and O–H groups in total. The highest BCUT2D eigenvalue weighted by Crippen LogP contribution is 2.28. The third kappa shape index (κ3) is 3.93. The first-order valence-corrected chi connectivity index (χ1v) is 9.24. The van der Waals surface area contributed by atoms with Gasteiger partial charge in [-0.3, -0.25) is 4.79 Å². The minimum absolute atomic E-state index is 0.246. The first kappa shape index (κ1) is 17.5. The van der Waals surface area contributed by atoms with Crippen LogP contribution < -0.4 is 0 Å². The maximum atomic E-state index is 12.6. The lowest BCUT2D eigenvalue weighted by Crippen LogP contribution is -2.49.